The Morgan fingerprint density at radius 1 is 1.50 bits per heavy atom. The summed E-state index contributed by atoms with van der Waals surface area (Å²) in [7, 11) is -3.28. The predicted octanol–water partition coefficient (Wildman–Crippen LogP) is -0.170. The van der Waals surface area contributed by atoms with Crippen LogP contribution in [0.4, 0.5) is 4.79 Å². The van der Waals surface area contributed by atoms with E-state index >= 15 is 0 Å². The third-order valence-corrected chi connectivity index (χ3v) is 3.91. The normalized spacial score (nSPS) is 12.7. The second-order valence-corrected chi connectivity index (χ2v) is 7.09. The van der Waals surface area contributed by atoms with E-state index in [1.807, 2.05) is 0 Å². The highest BCUT2D eigenvalue weighted by Gasteiger charge is 2.21. The Morgan fingerprint density at radius 2 is 2.20 bits per heavy atom. The van der Waals surface area contributed by atoms with Gasteiger partial charge in [-0.1, -0.05) is 0 Å². The largest absolute Gasteiger partial charge is 0.480 e. The first-order valence-corrected chi connectivity index (χ1v) is 8.60. The third kappa shape index (κ3) is 6.48. The van der Waals surface area contributed by atoms with Gasteiger partial charge < -0.3 is 15.7 Å². The smallest absolute Gasteiger partial charge is 0.326 e. The lowest BCUT2D eigenvalue weighted by atomic mass is 10.2. The van der Waals surface area contributed by atoms with Crippen LogP contribution in [0, 0.1) is 0 Å². The van der Waals surface area contributed by atoms with Crippen molar-refractivity contribution in [2.24, 2.45) is 0 Å². The molecule has 0 fully saturated rings. The van der Waals surface area contributed by atoms with Crippen molar-refractivity contribution in [1.29, 1.82) is 0 Å². The first-order chi connectivity index (χ1) is 9.28. The molecule has 0 aliphatic rings. The van der Waals surface area contributed by atoms with Crippen LogP contribution in [0.2, 0.25) is 0 Å². The molecule has 1 heterocycles. The SMILES string of the molecule is CS(=O)(=O)CCC(NC(=O)NCc1cscn1)C(=O)O. The minimum Gasteiger partial charge on any atom is -0.480 e. The summed E-state index contributed by atoms with van der Waals surface area (Å²) in [5.41, 5.74) is 2.27. The van der Waals surface area contributed by atoms with Gasteiger partial charge in [-0.15, -0.1) is 11.3 Å². The topological polar surface area (TPSA) is 125 Å². The number of carbonyl (C=O) groups excluding carboxylic acids is 1. The van der Waals surface area contributed by atoms with E-state index < -0.39 is 27.9 Å². The highest BCUT2D eigenvalue weighted by atomic mass is 32.2. The maximum absolute atomic E-state index is 11.5. The Hall–Kier alpha value is -1.68. The number of carbonyl (C=O) groups is 2. The molecule has 1 aromatic heterocycles. The van der Waals surface area contributed by atoms with Gasteiger partial charge in [-0.25, -0.2) is 23.0 Å². The fourth-order valence-electron chi connectivity index (χ4n) is 1.29. The number of urea groups is 1. The quantitative estimate of drug-likeness (QED) is 0.640. The number of sulfone groups is 1. The van der Waals surface area contributed by atoms with Gasteiger partial charge >= 0.3 is 12.0 Å². The van der Waals surface area contributed by atoms with Crippen LogP contribution in [0.1, 0.15) is 12.1 Å². The maximum Gasteiger partial charge on any atom is 0.326 e. The van der Waals surface area contributed by atoms with E-state index in [2.05, 4.69) is 15.6 Å². The molecule has 0 aromatic carbocycles. The van der Waals surface area contributed by atoms with Crippen molar-refractivity contribution in [2.75, 3.05) is 12.0 Å². The lowest BCUT2D eigenvalue weighted by Gasteiger charge is -2.14. The van der Waals surface area contributed by atoms with Gasteiger partial charge in [0, 0.05) is 11.6 Å². The number of aromatic nitrogens is 1. The third-order valence-electron chi connectivity index (χ3n) is 2.29. The molecular weight excluding hydrogens is 306 g/mol. The molecule has 112 valence electrons. The Bertz CT molecular complexity index is 555. The fraction of sp³-hybridized carbons (Fsp3) is 0.500. The molecule has 1 aromatic rings. The summed E-state index contributed by atoms with van der Waals surface area (Å²) in [5.74, 6) is -1.59. The first-order valence-electron chi connectivity index (χ1n) is 5.60. The van der Waals surface area contributed by atoms with E-state index in [0.29, 0.717) is 5.69 Å². The number of amides is 2. The molecular formula is C10H15N3O5S2. The molecule has 3 N–H and O–H groups in total. The van der Waals surface area contributed by atoms with Gasteiger partial charge in [0.05, 0.1) is 23.5 Å². The number of hydrogen-bond donors (Lipinski definition) is 3. The summed E-state index contributed by atoms with van der Waals surface area (Å²) in [6, 6.07) is -1.93. The zero-order valence-electron chi connectivity index (χ0n) is 10.7. The lowest BCUT2D eigenvalue weighted by Crippen LogP contribution is -2.46. The Morgan fingerprint density at radius 3 is 2.70 bits per heavy atom. The number of carboxylic acid groups (broad SMARTS) is 1. The van der Waals surface area contributed by atoms with Crippen LogP contribution >= 0.6 is 11.3 Å². The maximum atomic E-state index is 11.5. The van der Waals surface area contributed by atoms with Crippen molar-refractivity contribution in [3.63, 3.8) is 0 Å². The molecule has 0 saturated carbocycles. The van der Waals surface area contributed by atoms with E-state index in [1.54, 1.807) is 10.9 Å². The molecule has 0 radical (unpaired) electrons. The first kappa shape index (κ1) is 16.4. The average molecular weight is 321 g/mol. The van der Waals surface area contributed by atoms with Crippen LogP contribution in [-0.2, 0) is 21.2 Å². The Balaban J connectivity index is 2.44. The number of aliphatic carboxylic acids is 1. The van der Waals surface area contributed by atoms with Crippen LogP contribution in [0.15, 0.2) is 10.9 Å². The Labute approximate surface area is 120 Å². The van der Waals surface area contributed by atoms with Crippen molar-refractivity contribution in [3.8, 4) is 0 Å². The summed E-state index contributed by atoms with van der Waals surface area (Å²) in [6.45, 7) is 0.174. The summed E-state index contributed by atoms with van der Waals surface area (Å²) in [4.78, 5) is 26.4. The molecule has 0 aliphatic heterocycles. The van der Waals surface area contributed by atoms with E-state index in [4.69, 9.17) is 5.11 Å². The molecule has 1 atom stereocenters. The Kier molecular flexibility index (Phi) is 5.89. The summed E-state index contributed by atoms with van der Waals surface area (Å²) < 4.78 is 22.0. The summed E-state index contributed by atoms with van der Waals surface area (Å²) in [5, 5.41) is 15.3. The van der Waals surface area contributed by atoms with Gasteiger partial charge in [-0.2, -0.15) is 0 Å². The molecule has 0 saturated heterocycles. The van der Waals surface area contributed by atoms with Crippen molar-refractivity contribution in [2.45, 2.75) is 19.0 Å². The number of nitrogens with one attached hydrogen (secondary N) is 2. The highest BCUT2D eigenvalue weighted by Crippen LogP contribution is 2.00. The predicted molar refractivity (Wildman–Crippen MR) is 73.2 cm³/mol. The molecule has 2 amide bonds. The van der Waals surface area contributed by atoms with Crippen molar-refractivity contribution < 1.29 is 23.1 Å². The van der Waals surface area contributed by atoms with Crippen LogP contribution < -0.4 is 10.6 Å². The number of thiazole rings is 1. The summed E-state index contributed by atoms with van der Waals surface area (Å²) >= 11 is 1.38. The van der Waals surface area contributed by atoms with Crippen LogP contribution in [0.3, 0.4) is 0 Å². The van der Waals surface area contributed by atoms with Crippen LogP contribution in [-0.4, -0.2) is 48.6 Å². The standard InChI is InChI=1S/C10H15N3O5S2/c1-20(17,18)3-2-8(9(14)15)13-10(16)11-4-7-5-19-6-12-7/h5-6,8H,2-4H2,1H3,(H,14,15)(H2,11,13,16). The van der Waals surface area contributed by atoms with Crippen molar-refractivity contribution in [1.82, 2.24) is 15.6 Å². The van der Waals surface area contributed by atoms with Crippen molar-refractivity contribution >= 4 is 33.2 Å². The van der Waals surface area contributed by atoms with Gasteiger partial charge in [0.15, 0.2) is 0 Å². The monoisotopic (exact) mass is 321 g/mol. The molecule has 1 unspecified atom stereocenters. The molecule has 1 rings (SSSR count). The molecule has 0 aliphatic carbocycles. The number of carboxylic acids is 1. The number of hydrogen-bond acceptors (Lipinski definition) is 6. The second kappa shape index (κ2) is 7.20. The van der Waals surface area contributed by atoms with E-state index in [0.717, 1.165) is 6.26 Å². The minimum absolute atomic E-state index is 0.174. The van der Waals surface area contributed by atoms with Crippen LogP contribution in [0.5, 0.6) is 0 Å². The molecule has 10 heteroatoms. The van der Waals surface area contributed by atoms with Gasteiger partial charge in [0.25, 0.3) is 0 Å². The van der Waals surface area contributed by atoms with Gasteiger partial charge in [0.1, 0.15) is 15.9 Å². The second-order valence-electron chi connectivity index (χ2n) is 4.12. The van der Waals surface area contributed by atoms with E-state index in [-0.39, 0.29) is 18.7 Å². The van der Waals surface area contributed by atoms with Crippen LogP contribution in [0.25, 0.3) is 0 Å². The molecule has 0 bridgehead atoms. The fourth-order valence-corrected chi connectivity index (χ4v) is 2.52. The average Bonchev–Trinajstić information content (AvgIpc) is 2.83. The minimum atomic E-state index is -3.28. The zero-order chi connectivity index (χ0) is 15.2. The van der Waals surface area contributed by atoms with Gasteiger partial charge in [-0.3, -0.25) is 0 Å². The van der Waals surface area contributed by atoms with E-state index in [9.17, 15) is 18.0 Å². The van der Waals surface area contributed by atoms with Gasteiger partial charge in [0.2, 0.25) is 0 Å². The molecule has 20 heavy (non-hydrogen) atoms. The number of nitrogens with zero attached hydrogens (tertiary/aromatic N) is 1. The zero-order valence-corrected chi connectivity index (χ0v) is 12.3. The van der Waals surface area contributed by atoms with Crippen molar-refractivity contribution in [3.05, 3.63) is 16.6 Å². The highest BCUT2D eigenvalue weighted by molar-refractivity contribution is 7.90. The van der Waals surface area contributed by atoms with E-state index in [1.165, 1.54) is 11.3 Å². The number of rotatable bonds is 7. The molecule has 8 nitrogen and oxygen atoms in total. The van der Waals surface area contributed by atoms with Gasteiger partial charge in [-0.05, 0) is 6.42 Å². The summed E-state index contributed by atoms with van der Waals surface area (Å²) in [6.07, 6.45) is 0.826. The lowest BCUT2D eigenvalue weighted by molar-refractivity contribution is -0.139. The molecule has 0 spiro atoms.